The largest absolute Gasteiger partial charge is 0.456 e. The number of nitrogens with one attached hydrogen (secondary N) is 1. The lowest BCUT2D eigenvalue weighted by Gasteiger charge is -2.27. The van der Waals surface area contributed by atoms with Crippen LogP contribution in [0.15, 0.2) is 53.4 Å². The number of rotatable bonds is 4. The van der Waals surface area contributed by atoms with E-state index in [0.29, 0.717) is 30.4 Å². The van der Waals surface area contributed by atoms with E-state index in [-0.39, 0.29) is 35.0 Å². The Bertz CT molecular complexity index is 1430. The summed E-state index contributed by atoms with van der Waals surface area (Å²) in [6.07, 6.45) is 0. The second-order valence-electron chi connectivity index (χ2n) is 8.72. The maximum atomic E-state index is 13.7. The molecule has 3 aromatic rings. The number of fused-ring (bicyclic) bond motifs is 2. The maximum Gasteiger partial charge on any atom is 0.259 e. The van der Waals surface area contributed by atoms with Crippen LogP contribution in [0.1, 0.15) is 27.0 Å². The van der Waals surface area contributed by atoms with Gasteiger partial charge in [-0.1, -0.05) is 12.1 Å². The molecule has 0 saturated carbocycles. The molecule has 35 heavy (non-hydrogen) atoms. The third kappa shape index (κ3) is 4.50. The number of nitrogens with zero attached hydrogens (tertiary/aromatic N) is 1. The van der Waals surface area contributed by atoms with Crippen LogP contribution in [0.4, 0.5) is 5.69 Å². The normalized spacial score (nSPS) is 15.9. The molecular weight excluding hydrogens is 468 g/mol. The first-order valence-corrected chi connectivity index (χ1v) is 12.8. The summed E-state index contributed by atoms with van der Waals surface area (Å²) in [5.74, 6) is 0.788. The molecule has 0 aromatic heterocycles. The van der Waals surface area contributed by atoms with Crippen molar-refractivity contribution in [3.8, 4) is 23.0 Å². The molecule has 5 rings (SSSR count). The van der Waals surface area contributed by atoms with Crippen molar-refractivity contribution in [2.45, 2.75) is 25.7 Å². The fourth-order valence-corrected chi connectivity index (χ4v) is 5.58. The highest BCUT2D eigenvalue weighted by Crippen LogP contribution is 2.42. The van der Waals surface area contributed by atoms with Crippen LogP contribution < -0.4 is 14.8 Å². The van der Waals surface area contributed by atoms with Gasteiger partial charge in [-0.3, -0.25) is 4.79 Å². The maximum absolute atomic E-state index is 13.7. The van der Waals surface area contributed by atoms with E-state index in [1.165, 1.54) is 16.4 Å². The van der Waals surface area contributed by atoms with Gasteiger partial charge in [-0.2, -0.15) is 4.31 Å². The standard InChI is InChI=1S/C26H26N2O6S/c1-16-4-7-22-21(12-16)27-26(29)20-14-25(35(30,31)28-8-10-32-11-9-28)24(15-23(20)34-22)33-19-6-5-17(2)18(3)13-19/h4-7,12-15H,8-11H2,1-3H3,(H,27,29). The lowest BCUT2D eigenvalue weighted by Crippen LogP contribution is -2.40. The average molecular weight is 495 g/mol. The zero-order chi connectivity index (χ0) is 24.7. The highest BCUT2D eigenvalue weighted by molar-refractivity contribution is 7.89. The lowest BCUT2D eigenvalue weighted by atomic mass is 10.1. The summed E-state index contributed by atoms with van der Waals surface area (Å²) >= 11 is 0. The average Bonchev–Trinajstić information content (AvgIpc) is 2.96. The third-order valence-electron chi connectivity index (χ3n) is 6.19. The Hall–Kier alpha value is -3.40. The number of hydrogen-bond acceptors (Lipinski definition) is 6. The highest BCUT2D eigenvalue weighted by Gasteiger charge is 2.33. The zero-order valence-corrected chi connectivity index (χ0v) is 20.6. The first-order valence-electron chi connectivity index (χ1n) is 11.3. The number of aryl methyl sites for hydroxylation is 3. The molecule has 182 valence electrons. The van der Waals surface area contributed by atoms with Gasteiger partial charge in [0.1, 0.15) is 16.4 Å². The van der Waals surface area contributed by atoms with Crippen LogP contribution in [0, 0.1) is 20.8 Å². The van der Waals surface area contributed by atoms with Crippen molar-refractivity contribution in [3.63, 3.8) is 0 Å². The molecule has 2 heterocycles. The molecule has 2 aliphatic rings. The van der Waals surface area contributed by atoms with E-state index in [9.17, 15) is 13.2 Å². The van der Waals surface area contributed by atoms with Crippen LogP contribution in [0.2, 0.25) is 0 Å². The quantitative estimate of drug-likeness (QED) is 0.561. The number of benzene rings is 3. The van der Waals surface area contributed by atoms with E-state index in [2.05, 4.69) is 5.32 Å². The predicted molar refractivity (Wildman–Crippen MR) is 131 cm³/mol. The lowest BCUT2D eigenvalue weighted by molar-refractivity contribution is 0.0729. The van der Waals surface area contributed by atoms with Gasteiger partial charge in [0.15, 0.2) is 11.5 Å². The van der Waals surface area contributed by atoms with E-state index in [1.807, 2.05) is 39.0 Å². The molecule has 0 spiro atoms. The van der Waals surface area contributed by atoms with Gasteiger partial charge in [0, 0.05) is 19.2 Å². The number of carbonyl (C=O) groups is 1. The minimum absolute atomic E-state index is 0.0851. The number of sulfonamides is 1. The van der Waals surface area contributed by atoms with Gasteiger partial charge in [-0.25, -0.2) is 8.42 Å². The summed E-state index contributed by atoms with van der Waals surface area (Å²) < 4.78 is 46.2. The summed E-state index contributed by atoms with van der Waals surface area (Å²) in [7, 11) is -3.98. The second-order valence-corrected chi connectivity index (χ2v) is 10.6. The Morgan fingerprint density at radius 1 is 0.914 bits per heavy atom. The molecule has 1 fully saturated rings. The SMILES string of the molecule is Cc1ccc2c(c1)NC(=O)c1cc(S(=O)(=O)N3CCOCC3)c(Oc3ccc(C)c(C)c3)cc1O2. The second kappa shape index (κ2) is 8.99. The van der Waals surface area contributed by atoms with E-state index < -0.39 is 15.9 Å². The Labute approximate surface area is 204 Å². The van der Waals surface area contributed by atoms with Gasteiger partial charge in [0.2, 0.25) is 10.0 Å². The van der Waals surface area contributed by atoms with Gasteiger partial charge < -0.3 is 19.5 Å². The van der Waals surface area contributed by atoms with Crippen LogP contribution in [-0.4, -0.2) is 44.9 Å². The van der Waals surface area contributed by atoms with Crippen LogP contribution in [0.25, 0.3) is 0 Å². The van der Waals surface area contributed by atoms with Crippen molar-refractivity contribution < 1.29 is 27.4 Å². The Morgan fingerprint density at radius 3 is 2.43 bits per heavy atom. The molecule has 1 saturated heterocycles. The van der Waals surface area contributed by atoms with E-state index in [0.717, 1.165) is 16.7 Å². The molecule has 3 aromatic carbocycles. The Kier molecular flexibility index (Phi) is 6.00. The summed E-state index contributed by atoms with van der Waals surface area (Å²) in [6, 6.07) is 13.8. The van der Waals surface area contributed by atoms with Crippen molar-refractivity contribution >= 4 is 21.6 Å². The van der Waals surface area contributed by atoms with Crippen LogP contribution in [0.5, 0.6) is 23.0 Å². The smallest absolute Gasteiger partial charge is 0.259 e. The first kappa shape index (κ1) is 23.3. The molecule has 1 amide bonds. The number of carbonyl (C=O) groups excluding carboxylic acids is 1. The first-order chi connectivity index (χ1) is 16.7. The molecule has 0 unspecified atom stereocenters. The summed E-state index contributed by atoms with van der Waals surface area (Å²) in [5, 5.41) is 2.83. The topological polar surface area (TPSA) is 94.2 Å². The number of hydrogen-bond donors (Lipinski definition) is 1. The van der Waals surface area contributed by atoms with E-state index >= 15 is 0 Å². The molecular formula is C26H26N2O6S. The summed E-state index contributed by atoms with van der Waals surface area (Å²) in [4.78, 5) is 13.0. The van der Waals surface area contributed by atoms with Gasteiger partial charge in [-0.05, 0) is 67.8 Å². The van der Waals surface area contributed by atoms with Gasteiger partial charge in [-0.15, -0.1) is 0 Å². The molecule has 9 heteroatoms. The van der Waals surface area contributed by atoms with Gasteiger partial charge >= 0.3 is 0 Å². The minimum Gasteiger partial charge on any atom is -0.456 e. The van der Waals surface area contributed by atoms with Crippen molar-refractivity contribution in [1.29, 1.82) is 0 Å². The highest BCUT2D eigenvalue weighted by atomic mass is 32.2. The monoisotopic (exact) mass is 494 g/mol. The van der Waals surface area contributed by atoms with E-state index in [4.69, 9.17) is 14.2 Å². The summed E-state index contributed by atoms with van der Waals surface area (Å²) in [6.45, 7) is 6.89. The third-order valence-corrected chi connectivity index (χ3v) is 8.11. The fourth-order valence-electron chi connectivity index (χ4n) is 4.05. The van der Waals surface area contributed by atoms with E-state index in [1.54, 1.807) is 18.2 Å². The van der Waals surface area contributed by atoms with Crippen molar-refractivity contribution in [2.75, 3.05) is 31.6 Å². The van der Waals surface area contributed by atoms with Gasteiger partial charge in [0.05, 0.1) is 24.5 Å². The predicted octanol–water partition coefficient (Wildman–Crippen LogP) is 4.78. The molecule has 8 nitrogen and oxygen atoms in total. The van der Waals surface area contributed by atoms with Crippen molar-refractivity contribution in [2.24, 2.45) is 0 Å². The molecule has 2 aliphatic heterocycles. The van der Waals surface area contributed by atoms with Crippen LogP contribution in [0.3, 0.4) is 0 Å². The minimum atomic E-state index is -3.98. The van der Waals surface area contributed by atoms with Crippen molar-refractivity contribution in [1.82, 2.24) is 4.31 Å². The molecule has 1 N–H and O–H groups in total. The zero-order valence-electron chi connectivity index (χ0n) is 19.8. The van der Waals surface area contributed by atoms with Crippen LogP contribution in [-0.2, 0) is 14.8 Å². The molecule has 0 radical (unpaired) electrons. The number of ether oxygens (including phenoxy) is 3. The number of amides is 1. The number of anilines is 1. The van der Waals surface area contributed by atoms with Crippen LogP contribution >= 0.6 is 0 Å². The van der Waals surface area contributed by atoms with Crippen molar-refractivity contribution in [3.05, 3.63) is 70.8 Å². The van der Waals surface area contributed by atoms with Gasteiger partial charge in [0.25, 0.3) is 5.91 Å². The molecule has 0 aliphatic carbocycles. The fraction of sp³-hybridized carbons (Fsp3) is 0.269. The summed E-state index contributed by atoms with van der Waals surface area (Å²) in [5.41, 5.74) is 3.67. The Balaban J connectivity index is 1.65. The number of morpholine rings is 1. The Morgan fingerprint density at radius 2 is 1.69 bits per heavy atom. The molecule has 0 atom stereocenters. The molecule has 0 bridgehead atoms.